The quantitative estimate of drug-likeness (QED) is 0.187. The molecule has 2 unspecified atom stereocenters. The van der Waals surface area contributed by atoms with E-state index in [1.807, 2.05) is 26.0 Å². The Morgan fingerprint density at radius 1 is 0.818 bits per heavy atom. The van der Waals surface area contributed by atoms with Crippen molar-refractivity contribution in [1.29, 1.82) is 0 Å². The molecule has 0 aromatic heterocycles. The molecule has 0 aliphatic heterocycles. The number of carbonyl (C=O) groups excluding carboxylic acids is 2. The Bertz CT molecular complexity index is 814. The van der Waals surface area contributed by atoms with Crippen molar-refractivity contribution in [3.8, 4) is 0 Å². The number of ether oxygens (including phenoxy) is 2. The fraction of sp³-hybridized carbons (Fsp3) is 0.448. The molecule has 0 radical (unpaired) electrons. The topological polar surface area (TPSA) is 52.6 Å². The molecule has 0 aliphatic carbocycles. The van der Waals surface area contributed by atoms with Crippen molar-refractivity contribution in [1.82, 2.24) is 0 Å². The van der Waals surface area contributed by atoms with Crippen LogP contribution in [0.4, 0.5) is 0 Å². The van der Waals surface area contributed by atoms with Crippen molar-refractivity contribution in [2.45, 2.75) is 84.8 Å². The third-order valence-corrected chi connectivity index (χ3v) is 5.01. The van der Waals surface area contributed by atoms with Crippen LogP contribution in [0, 0.1) is 0 Å². The number of benzene rings is 2. The van der Waals surface area contributed by atoms with Crippen LogP contribution < -0.4 is 0 Å². The number of hydrogen-bond acceptors (Lipinski definition) is 4. The first-order valence-electron chi connectivity index (χ1n) is 12.0. The van der Waals surface area contributed by atoms with Crippen molar-refractivity contribution < 1.29 is 19.1 Å². The number of rotatable bonds is 12. The van der Waals surface area contributed by atoms with Gasteiger partial charge < -0.3 is 9.47 Å². The molecule has 0 bridgehead atoms. The van der Waals surface area contributed by atoms with E-state index in [0.717, 1.165) is 12.8 Å². The van der Waals surface area contributed by atoms with Crippen LogP contribution in [-0.4, -0.2) is 24.1 Å². The molecule has 2 aromatic rings. The van der Waals surface area contributed by atoms with Gasteiger partial charge in [-0.3, -0.25) is 0 Å². The smallest absolute Gasteiger partial charge is 0.338 e. The predicted octanol–water partition coefficient (Wildman–Crippen LogP) is 7.79. The van der Waals surface area contributed by atoms with Gasteiger partial charge in [0.2, 0.25) is 0 Å². The van der Waals surface area contributed by atoms with Crippen molar-refractivity contribution in [2.24, 2.45) is 0 Å². The highest BCUT2D eigenvalue weighted by atomic mass is 16.6. The van der Waals surface area contributed by atoms with E-state index in [1.54, 1.807) is 48.5 Å². The first kappa shape index (κ1) is 28.2. The summed E-state index contributed by atoms with van der Waals surface area (Å²) in [5.41, 5.74) is 2.36. The number of esters is 2. The number of allylic oxidation sites excluding steroid dienone is 1. The van der Waals surface area contributed by atoms with E-state index in [1.165, 1.54) is 31.3 Å². The summed E-state index contributed by atoms with van der Waals surface area (Å²) < 4.78 is 11.1. The Hall–Kier alpha value is -2.88. The molecule has 4 heteroatoms. The zero-order chi connectivity index (χ0) is 24.5. The van der Waals surface area contributed by atoms with Gasteiger partial charge >= 0.3 is 11.9 Å². The Kier molecular flexibility index (Phi) is 14.3. The largest absolute Gasteiger partial charge is 0.459 e. The Balaban J connectivity index is 0.000000582. The number of unbranched alkanes of at least 4 members (excludes halogenated alkanes) is 2. The molecule has 2 atom stereocenters. The fourth-order valence-electron chi connectivity index (χ4n) is 3.26. The lowest BCUT2D eigenvalue weighted by molar-refractivity contribution is 0.00162. The summed E-state index contributed by atoms with van der Waals surface area (Å²) in [7, 11) is 0. The molecule has 2 aromatic carbocycles. The molecule has 180 valence electrons. The normalized spacial score (nSPS) is 12.0. The highest BCUT2D eigenvalue weighted by molar-refractivity contribution is 5.90. The van der Waals surface area contributed by atoms with E-state index < -0.39 is 0 Å². The fourth-order valence-corrected chi connectivity index (χ4v) is 3.26. The molecule has 2 rings (SSSR count). The van der Waals surface area contributed by atoms with Gasteiger partial charge in [-0.1, -0.05) is 75.1 Å². The maximum atomic E-state index is 12.2. The van der Waals surface area contributed by atoms with Crippen LogP contribution in [-0.2, 0) is 9.47 Å². The van der Waals surface area contributed by atoms with Gasteiger partial charge in [0.15, 0.2) is 0 Å². The van der Waals surface area contributed by atoms with Crippen molar-refractivity contribution in [3.63, 3.8) is 0 Å². The summed E-state index contributed by atoms with van der Waals surface area (Å²) in [6.07, 6.45) is 6.67. The monoisotopic (exact) mass is 452 g/mol. The highest BCUT2D eigenvalue weighted by Crippen LogP contribution is 2.16. The summed E-state index contributed by atoms with van der Waals surface area (Å²) in [5.74, 6) is -0.710. The van der Waals surface area contributed by atoms with E-state index in [2.05, 4.69) is 20.4 Å². The second-order valence-electron chi connectivity index (χ2n) is 8.41. The number of carbonyl (C=O) groups is 2. The van der Waals surface area contributed by atoms with E-state index in [-0.39, 0.29) is 24.1 Å². The summed E-state index contributed by atoms with van der Waals surface area (Å²) in [6, 6.07) is 17.8. The summed E-state index contributed by atoms with van der Waals surface area (Å²) in [5, 5.41) is 0. The Labute approximate surface area is 200 Å². The van der Waals surface area contributed by atoms with Gasteiger partial charge in [0.05, 0.1) is 11.1 Å². The second kappa shape index (κ2) is 16.7. The summed E-state index contributed by atoms with van der Waals surface area (Å²) in [6.45, 7) is 12.0. The highest BCUT2D eigenvalue weighted by Gasteiger charge is 2.20. The van der Waals surface area contributed by atoms with E-state index in [9.17, 15) is 9.59 Å². The van der Waals surface area contributed by atoms with Crippen LogP contribution in [0.1, 0.15) is 93.4 Å². The van der Waals surface area contributed by atoms with E-state index >= 15 is 0 Å². The lowest BCUT2D eigenvalue weighted by atomic mass is 10.1. The Morgan fingerprint density at radius 2 is 1.33 bits per heavy atom. The molecule has 0 spiro atoms. The first-order valence-corrected chi connectivity index (χ1v) is 12.0. The van der Waals surface area contributed by atoms with Gasteiger partial charge in [-0.25, -0.2) is 9.59 Å². The van der Waals surface area contributed by atoms with Crippen LogP contribution in [0.3, 0.4) is 0 Å². The molecule has 0 N–H and O–H groups in total. The standard InChI is InChI=1S/C21H24O4.C8H16/c1-3-10-19(25-21(23)18-13-8-5-9-14-18)15-16(2)24-20(22)17-11-6-4-7-12-17;1-4-5-6-7-8(2)3/h4-9,11-14,16,19H,3,10,15H2,1-2H3;2,4-7H2,1,3H3. The molecule has 0 fully saturated rings. The minimum Gasteiger partial charge on any atom is -0.459 e. The van der Waals surface area contributed by atoms with Gasteiger partial charge in [-0.05, 0) is 57.4 Å². The molecular weight excluding hydrogens is 412 g/mol. The Morgan fingerprint density at radius 3 is 1.79 bits per heavy atom. The number of hydrogen-bond donors (Lipinski definition) is 0. The minimum atomic E-state index is -0.363. The van der Waals surface area contributed by atoms with Crippen LogP contribution >= 0.6 is 0 Å². The average molecular weight is 453 g/mol. The van der Waals surface area contributed by atoms with Crippen LogP contribution in [0.5, 0.6) is 0 Å². The van der Waals surface area contributed by atoms with E-state index in [4.69, 9.17) is 9.47 Å². The van der Waals surface area contributed by atoms with Crippen LogP contribution in [0.25, 0.3) is 0 Å². The maximum Gasteiger partial charge on any atom is 0.338 e. The lowest BCUT2D eigenvalue weighted by Gasteiger charge is -2.21. The van der Waals surface area contributed by atoms with Crippen LogP contribution in [0.15, 0.2) is 72.8 Å². The van der Waals surface area contributed by atoms with E-state index in [0.29, 0.717) is 17.5 Å². The zero-order valence-corrected chi connectivity index (χ0v) is 20.7. The maximum absolute atomic E-state index is 12.2. The van der Waals surface area contributed by atoms with Gasteiger partial charge in [-0.15, -0.1) is 6.58 Å². The first-order chi connectivity index (χ1) is 15.9. The second-order valence-corrected chi connectivity index (χ2v) is 8.41. The van der Waals surface area contributed by atoms with Gasteiger partial charge in [0, 0.05) is 6.42 Å². The van der Waals surface area contributed by atoms with Gasteiger partial charge in [0.25, 0.3) is 0 Å². The molecule has 0 heterocycles. The molecule has 0 amide bonds. The molecule has 0 saturated heterocycles. The van der Waals surface area contributed by atoms with Crippen LogP contribution in [0.2, 0.25) is 0 Å². The van der Waals surface area contributed by atoms with Crippen molar-refractivity contribution in [3.05, 3.63) is 83.9 Å². The molecule has 0 aliphatic rings. The zero-order valence-electron chi connectivity index (χ0n) is 20.7. The lowest BCUT2D eigenvalue weighted by Crippen LogP contribution is -2.25. The molecular formula is C29H40O4. The molecule has 33 heavy (non-hydrogen) atoms. The average Bonchev–Trinajstić information content (AvgIpc) is 2.80. The SMILES string of the molecule is C=C(C)CCCCC.CCCC(CC(C)OC(=O)c1ccccc1)OC(=O)c1ccccc1. The minimum absolute atomic E-state index is 0.281. The van der Waals surface area contributed by atoms with Crippen molar-refractivity contribution >= 4 is 11.9 Å². The molecule has 4 nitrogen and oxygen atoms in total. The summed E-state index contributed by atoms with van der Waals surface area (Å²) in [4.78, 5) is 24.3. The third-order valence-electron chi connectivity index (χ3n) is 5.01. The van der Waals surface area contributed by atoms with Gasteiger partial charge in [0.1, 0.15) is 12.2 Å². The summed E-state index contributed by atoms with van der Waals surface area (Å²) >= 11 is 0. The van der Waals surface area contributed by atoms with Gasteiger partial charge in [-0.2, -0.15) is 0 Å². The molecule has 0 saturated carbocycles. The predicted molar refractivity (Wildman–Crippen MR) is 135 cm³/mol. The third kappa shape index (κ3) is 12.7. The van der Waals surface area contributed by atoms with Crippen molar-refractivity contribution in [2.75, 3.05) is 0 Å².